The highest BCUT2D eigenvalue weighted by Gasteiger charge is 2.37. The van der Waals surface area contributed by atoms with Crippen molar-refractivity contribution in [1.82, 2.24) is 0 Å². The summed E-state index contributed by atoms with van der Waals surface area (Å²) in [7, 11) is 0. The van der Waals surface area contributed by atoms with Crippen molar-refractivity contribution in [1.29, 1.82) is 0 Å². The number of amides is 1. The molecule has 1 aromatic rings. The Morgan fingerprint density at radius 1 is 1.25 bits per heavy atom. The van der Waals surface area contributed by atoms with Crippen molar-refractivity contribution >= 4 is 27.5 Å². The van der Waals surface area contributed by atoms with Crippen LogP contribution < -0.4 is 5.32 Å². The fourth-order valence-electron chi connectivity index (χ4n) is 2.64. The third-order valence-electron chi connectivity index (χ3n) is 3.83. The van der Waals surface area contributed by atoms with Crippen LogP contribution in [0, 0.1) is 19.8 Å². The minimum atomic E-state index is -2.60. The maximum atomic E-state index is 13.1. The zero-order chi connectivity index (χ0) is 14.9. The van der Waals surface area contributed by atoms with Crippen LogP contribution in [0.2, 0.25) is 0 Å². The Bertz CT molecular complexity index is 498. The molecule has 1 aromatic carbocycles. The molecule has 2 rings (SSSR count). The van der Waals surface area contributed by atoms with Gasteiger partial charge in [0.1, 0.15) is 0 Å². The summed E-state index contributed by atoms with van der Waals surface area (Å²) in [5, 5.41) is 2.90. The molecule has 5 heteroatoms. The van der Waals surface area contributed by atoms with Crippen molar-refractivity contribution < 1.29 is 13.6 Å². The highest BCUT2D eigenvalue weighted by atomic mass is 79.9. The van der Waals surface area contributed by atoms with Crippen molar-refractivity contribution in [3.05, 3.63) is 27.7 Å². The van der Waals surface area contributed by atoms with E-state index < -0.39 is 5.92 Å². The van der Waals surface area contributed by atoms with Crippen LogP contribution in [0.15, 0.2) is 16.6 Å². The quantitative estimate of drug-likeness (QED) is 0.817. The topological polar surface area (TPSA) is 29.1 Å². The summed E-state index contributed by atoms with van der Waals surface area (Å²) < 4.78 is 27.2. The fourth-order valence-corrected chi connectivity index (χ4v) is 3.32. The number of aryl methyl sites for hydroxylation is 2. The van der Waals surface area contributed by atoms with Crippen molar-refractivity contribution in [2.24, 2.45) is 5.92 Å². The molecule has 20 heavy (non-hydrogen) atoms. The van der Waals surface area contributed by atoms with Crippen LogP contribution in [-0.2, 0) is 4.79 Å². The molecule has 1 fully saturated rings. The molecule has 2 nitrogen and oxygen atoms in total. The molecular weight excluding hydrogens is 328 g/mol. The predicted octanol–water partition coefficient (Wildman–Crippen LogP) is 4.83. The first kappa shape index (κ1) is 15.4. The van der Waals surface area contributed by atoms with Crippen LogP contribution in [0.25, 0.3) is 0 Å². The number of hydrogen-bond donors (Lipinski definition) is 1. The van der Waals surface area contributed by atoms with Gasteiger partial charge in [0.05, 0.1) is 0 Å². The average molecular weight is 346 g/mol. The highest BCUT2D eigenvalue weighted by molar-refractivity contribution is 9.10. The lowest BCUT2D eigenvalue weighted by atomic mass is 9.86. The Balaban J connectivity index is 2.06. The second kappa shape index (κ2) is 5.80. The van der Waals surface area contributed by atoms with E-state index in [-0.39, 0.29) is 37.5 Å². The zero-order valence-electron chi connectivity index (χ0n) is 11.6. The first-order valence-corrected chi connectivity index (χ1v) is 7.53. The number of hydrogen-bond acceptors (Lipinski definition) is 1. The number of alkyl halides is 2. The van der Waals surface area contributed by atoms with Crippen molar-refractivity contribution in [3.8, 4) is 0 Å². The lowest BCUT2D eigenvalue weighted by Gasteiger charge is -2.27. The molecule has 0 aromatic heterocycles. The monoisotopic (exact) mass is 345 g/mol. The lowest BCUT2D eigenvalue weighted by molar-refractivity contribution is -0.124. The Morgan fingerprint density at radius 3 is 2.25 bits per heavy atom. The normalized spacial score (nSPS) is 18.9. The summed E-state index contributed by atoms with van der Waals surface area (Å²) in [6, 6.07) is 3.86. The van der Waals surface area contributed by atoms with Gasteiger partial charge in [0.15, 0.2) is 0 Å². The molecule has 1 amide bonds. The second-order valence-electron chi connectivity index (χ2n) is 5.53. The van der Waals surface area contributed by atoms with Gasteiger partial charge < -0.3 is 5.32 Å². The molecule has 1 saturated carbocycles. The van der Waals surface area contributed by atoms with Gasteiger partial charge in [0, 0.05) is 28.9 Å². The largest absolute Gasteiger partial charge is 0.325 e. The van der Waals surface area contributed by atoms with Crippen molar-refractivity contribution in [3.63, 3.8) is 0 Å². The molecule has 1 aliphatic carbocycles. The Morgan fingerprint density at radius 2 is 1.75 bits per heavy atom. The molecule has 1 aliphatic rings. The average Bonchev–Trinajstić information content (AvgIpc) is 2.33. The number of benzene rings is 1. The number of carbonyl (C=O) groups is 1. The number of anilines is 1. The van der Waals surface area contributed by atoms with Gasteiger partial charge >= 0.3 is 0 Å². The summed E-state index contributed by atoms with van der Waals surface area (Å²) in [4.78, 5) is 12.2. The number of rotatable bonds is 2. The number of halogens is 3. The van der Waals surface area contributed by atoms with Gasteiger partial charge in [-0.05, 0) is 49.9 Å². The smallest absolute Gasteiger partial charge is 0.248 e. The number of nitrogens with one attached hydrogen (secondary N) is 1. The molecule has 0 saturated heterocycles. The van der Waals surface area contributed by atoms with Gasteiger partial charge in [-0.1, -0.05) is 15.9 Å². The fraction of sp³-hybridized carbons (Fsp3) is 0.533. The third kappa shape index (κ3) is 3.57. The Hall–Kier alpha value is -0.970. The van der Waals surface area contributed by atoms with Crippen molar-refractivity contribution in [2.45, 2.75) is 45.5 Å². The zero-order valence-corrected chi connectivity index (χ0v) is 13.2. The molecule has 0 unspecified atom stereocenters. The summed E-state index contributed by atoms with van der Waals surface area (Å²) in [5.74, 6) is -3.05. The molecule has 0 atom stereocenters. The summed E-state index contributed by atoms with van der Waals surface area (Å²) in [6.45, 7) is 3.84. The molecule has 0 bridgehead atoms. The summed E-state index contributed by atoms with van der Waals surface area (Å²) in [5.41, 5.74) is 2.72. The standard InChI is InChI=1S/C15H18BrF2NO/c1-9-7-12(16)8-10(2)13(9)19-14(20)11-3-5-15(17,18)6-4-11/h7-8,11H,3-6H2,1-2H3,(H,19,20). The Labute approximate surface area is 126 Å². The van der Waals surface area contributed by atoms with Crippen LogP contribution in [-0.4, -0.2) is 11.8 Å². The molecular formula is C15H18BrF2NO. The van der Waals surface area contributed by atoms with Crippen LogP contribution in [0.1, 0.15) is 36.8 Å². The molecule has 110 valence electrons. The summed E-state index contributed by atoms with van der Waals surface area (Å²) in [6.07, 6.45) is 0.133. The number of carbonyl (C=O) groups excluding carboxylic acids is 1. The van der Waals surface area contributed by atoms with Gasteiger partial charge in [-0.25, -0.2) is 8.78 Å². The first-order valence-electron chi connectivity index (χ1n) is 6.74. The molecule has 0 aliphatic heterocycles. The van der Waals surface area contributed by atoms with E-state index in [4.69, 9.17) is 0 Å². The van der Waals surface area contributed by atoms with Crippen LogP contribution in [0.5, 0.6) is 0 Å². The van der Waals surface area contributed by atoms with Gasteiger partial charge in [-0.2, -0.15) is 0 Å². The highest BCUT2D eigenvalue weighted by Crippen LogP contribution is 2.37. The van der Waals surface area contributed by atoms with E-state index in [1.807, 2.05) is 26.0 Å². The van der Waals surface area contributed by atoms with Crippen LogP contribution in [0.4, 0.5) is 14.5 Å². The first-order chi connectivity index (χ1) is 9.28. The van der Waals surface area contributed by atoms with E-state index >= 15 is 0 Å². The predicted molar refractivity (Wildman–Crippen MR) is 79.2 cm³/mol. The summed E-state index contributed by atoms with van der Waals surface area (Å²) >= 11 is 3.41. The molecule has 0 spiro atoms. The van der Waals surface area contributed by atoms with Gasteiger partial charge in [-0.15, -0.1) is 0 Å². The SMILES string of the molecule is Cc1cc(Br)cc(C)c1NC(=O)C1CCC(F)(F)CC1. The molecule has 0 radical (unpaired) electrons. The van der Waals surface area contributed by atoms with E-state index in [0.717, 1.165) is 21.3 Å². The third-order valence-corrected chi connectivity index (χ3v) is 4.29. The van der Waals surface area contributed by atoms with Gasteiger partial charge in [-0.3, -0.25) is 4.79 Å². The maximum absolute atomic E-state index is 13.1. The minimum absolute atomic E-state index is 0.144. The van der Waals surface area contributed by atoms with Crippen LogP contribution in [0.3, 0.4) is 0 Å². The lowest BCUT2D eigenvalue weighted by Crippen LogP contribution is -2.32. The van der Waals surface area contributed by atoms with Crippen molar-refractivity contribution in [2.75, 3.05) is 5.32 Å². The van der Waals surface area contributed by atoms with E-state index in [1.54, 1.807) is 0 Å². The van der Waals surface area contributed by atoms with E-state index in [1.165, 1.54) is 0 Å². The van der Waals surface area contributed by atoms with Gasteiger partial charge in [0.25, 0.3) is 0 Å². The Kier molecular flexibility index (Phi) is 4.47. The molecule has 1 N–H and O–H groups in total. The van der Waals surface area contributed by atoms with E-state index in [9.17, 15) is 13.6 Å². The second-order valence-corrected chi connectivity index (χ2v) is 6.45. The van der Waals surface area contributed by atoms with Crippen LogP contribution >= 0.6 is 15.9 Å². The minimum Gasteiger partial charge on any atom is -0.325 e. The van der Waals surface area contributed by atoms with E-state index in [0.29, 0.717) is 0 Å². The van der Waals surface area contributed by atoms with Gasteiger partial charge in [0.2, 0.25) is 11.8 Å². The molecule has 0 heterocycles. The maximum Gasteiger partial charge on any atom is 0.248 e. The van der Waals surface area contributed by atoms with E-state index in [2.05, 4.69) is 21.2 Å².